The number of nitrogens with zero attached hydrogens (tertiary/aromatic N) is 6. The highest BCUT2D eigenvalue weighted by Gasteiger charge is 2.22. The Kier molecular flexibility index (Phi) is 11.8. The summed E-state index contributed by atoms with van der Waals surface area (Å²) in [5.41, 5.74) is 12.5. The van der Waals surface area contributed by atoms with Gasteiger partial charge in [0.1, 0.15) is 5.82 Å². The number of allylic oxidation sites excluding steroid dienone is 3. The van der Waals surface area contributed by atoms with Crippen LogP contribution in [-0.2, 0) is 6.54 Å². The summed E-state index contributed by atoms with van der Waals surface area (Å²) in [6.07, 6.45) is 25.4. The summed E-state index contributed by atoms with van der Waals surface area (Å²) >= 11 is 0. The molecule has 0 fully saturated rings. The van der Waals surface area contributed by atoms with E-state index in [2.05, 4.69) is 140 Å². The molecule has 8 bridgehead atoms. The summed E-state index contributed by atoms with van der Waals surface area (Å²) in [4.78, 5) is 30.2. The molecular formula is C45H53N9. The molecule has 0 radical (unpaired) electrons. The van der Waals surface area contributed by atoms with Gasteiger partial charge in [0.25, 0.3) is 0 Å². The predicted molar refractivity (Wildman–Crippen MR) is 229 cm³/mol. The van der Waals surface area contributed by atoms with Gasteiger partial charge < -0.3 is 24.8 Å². The number of hydrogen-bond donors (Lipinski definition) is 3. The van der Waals surface area contributed by atoms with Crippen molar-refractivity contribution in [2.75, 3.05) is 6.54 Å². The Morgan fingerprint density at radius 1 is 0.907 bits per heavy atom. The van der Waals surface area contributed by atoms with E-state index >= 15 is 0 Å². The third kappa shape index (κ3) is 7.71. The molecule has 0 amide bonds. The molecule has 9 nitrogen and oxygen atoms in total. The highest BCUT2D eigenvalue weighted by atomic mass is 15.1. The lowest BCUT2D eigenvalue weighted by Gasteiger charge is -2.22. The molecule has 1 atom stereocenters. The Labute approximate surface area is 319 Å². The smallest absolute Gasteiger partial charge is 0.144 e. The minimum atomic E-state index is -0.0633. The van der Waals surface area contributed by atoms with Crippen molar-refractivity contribution in [2.45, 2.75) is 74.4 Å². The van der Waals surface area contributed by atoms with Crippen LogP contribution in [0.3, 0.4) is 0 Å². The minimum Gasteiger partial charge on any atom is -0.384 e. The summed E-state index contributed by atoms with van der Waals surface area (Å²) < 4.78 is 2.15. The monoisotopic (exact) mass is 719 g/mol. The summed E-state index contributed by atoms with van der Waals surface area (Å²) in [6, 6.07) is 8.43. The molecule has 9 heteroatoms. The largest absolute Gasteiger partial charge is 0.384 e. The van der Waals surface area contributed by atoms with Crippen LogP contribution in [0.5, 0.6) is 0 Å². The van der Waals surface area contributed by atoms with E-state index < -0.39 is 0 Å². The summed E-state index contributed by atoms with van der Waals surface area (Å²) in [6.45, 7) is 23.1. The lowest BCUT2D eigenvalue weighted by molar-refractivity contribution is 0.561. The van der Waals surface area contributed by atoms with Gasteiger partial charge in [0.05, 0.1) is 45.4 Å². The molecule has 0 saturated heterocycles. The van der Waals surface area contributed by atoms with Crippen LogP contribution in [0.25, 0.3) is 63.5 Å². The minimum absolute atomic E-state index is 0.0633. The molecule has 0 aromatic carbocycles. The molecule has 54 heavy (non-hydrogen) atoms. The molecule has 0 saturated carbocycles. The van der Waals surface area contributed by atoms with Crippen molar-refractivity contribution >= 4 is 57.8 Å². The molecule has 3 N–H and O–H groups in total. The topological polar surface area (TPSA) is 103 Å². The summed E-state index contributed by atoms with van der Waals surface area (Å²) in [7, 11) is 0. The Bertz CT molecular complexity index is 2370. The fraction of sp³-hybridized carbons (Fsp3) is 0.289. The third-order valence-electron chi connectivity index (χ3n) is 9.62. The van der Waals surface area contributed by atoms with Crippen LogP contribution in [0.1, 0.15) is 107 Å². The maximum atomic E-state index is 5.37. The van der Waals surface area contributed by atoms with Crippen molar-refractivity contribution in [1.29, 1.82) is 0 Å². The lowest BCUT2D eigenvalue weighted by Crippen LogP contribution is -2.15. The Morgan fingerprint density at radius 3 is 2.26 bits per heavy atom. The van der Waals surface area contributed by atoms with Crippen molar-refractivity contribution in [3.8, 4) is 11.4 Å². The maximum absolute atomic E-state index is 5.37. The number of rotatable bonds is 13. The first-order chi connectivity index (χ1) is 26.2. The zero-order valence-electron chi connectivity index (χ0n) is 32.9. The predicted octanol–water partition coefficient (Wildman–Crippen LogP) is 10.9. The van der Waals surface area contributed by atoms with Crippen molar-refractivity contribution in [3.63, 3.8) is 0 Å². The lowest BCUT2D eigenvalue weighted by atomic mass is 10.1. The first kappa shape index (κ1) is 37.8. The van der Waals surface area contributed by atoms with E-state index in [9.17, 15) is 0 Å². The molecule has 0 aliphatic carbocycles. The standard InChI is InChI=1S/C45H53N9/c1-10-14-27-53(12-3)32(9)43-37-19-15-33(49-37)41(30(7)46-24-11-2)35-17-21-39(51-35)44(45-48-26-28-54(45)13-4)40-22-18-36(52-40)42(34-16-20-38(43)50-34)31(8)47-25-23-29(5)6/h11,14-30,46,50-51H,9-10,12-13H2,1-8H3/b24-11-,25-23-,27-14-,41-33?,41-35?,42-34?,42-36?,43-37?,43-38?,44-39?,44-40?,47-31?. The van der Waals surface area contributed by atoms with Crippen molar-refractivity contribution in [1.82, 2.24) is 39.7 Å². The second kappa shape index (κ2) is 16.8. The number of aromatic amines is 2. The normalized spacial score (nSPS) is 13.7. The van der Waals surface area contributed by atoms with E-state index in [1.165, 1.54) is 0 Å². The van der Waals surface area contributed by atoms with E-state index in [-0.39, 0.29) is 6.04 Å². The molecule has 1 unspecified atom stereocenters. The van der Waals surface area contributed by atoms with Gasteiger partial charge in [-0.2, -0.15) is 0 Å². The van der Waals surface area contributed by atoms with Gasteiger partial charge in [-0.05, 0) is 108 Å². The maximum Gasteiger partial charge on any atom is 0.144 e. The van der Waals surface area contributed by atoms with Gasteiger partial charge in [-0.1, -0.05) is 45.6 Å². The zero-order chi connectivity index (χ0) is 38.4. The van der Waals surface area contributed by atoms with Crippen LogP contribution in [0.4, 0.5) is 0 Å². The van der Waals surface area contributed by atoms with Crippen molar-refractivity contribution < 1.29 is 0 Å². The van der Waals surface area contributed by atoms with E-state index in [0.717, 1.165) is 104 Å². The number of aliphatic imine (C=N–C) groups is 1. The second-order valence-corrected chi connectivity index (χ2v) is 13.8. The first-order valence-corrected chi connectivity index (χ1v) is 19.1. The van der Waals surface area contributed by atoms with Crippen LogP contribution in [-0.4, -0.2) is 46.6 Å². The molecule has 0 spiro atoms. The molecule has 4 aromatic heterocycles. The van der Waals surface area contributed by atoms with Crippen LogP contribution in [0.2, 0.25) is 0 Å². The van der Waals surface area contributed by atoms with Crippen molar-refractivity contribution in [2.24, 2.45) is 10.9 Å². The number of aromatic nitrogens is 6. The van der Waals surface area contributed by atoms with E-state index in [1.54, 1.807) is 0 Å². The molecule has 2 aliphatic rings. The molecule has 4 aromatic rings. The number of fused-ring (bicyclic) bond motifs is 8. The summed E-state index contributed by atoms with van der Waals surface area (Å²) in [5.74, 6) is 1.22. The van der Waals surface area contributed by atoms with Gasteiger partial charge in [-0.15, -0.1) is 0 Å². The molecular weight excluding hydrogens is 667 g/mol. The fourth-order valence-corrected chi connectivity index (χ4v) is 6.87. The van der Waals surface area contributed by atoms with Gasteiger partial charge >= 0.3 is 0 Å². The zero-order valence-corrected chi connectivity index (χ0v) is 32.9. The van der Waals surface area contributed by atoms with Crippen LogP contribution in [0.15, 0.2) is 85.1 Å². The fourth-order valence-electron chi connectivity index (χ4n) is 6.87. The number of nitrogens with one attached hydrogen (secondary N) is 3. The van der Waals surface area contributed by atoms with Gasteiger partial charge in [-0.25, -0.2) is 15.0 Å². The number of aryl methyl sites for hydroxylation is 1. The van der Waals surface area contributed by atoms with Gasteiger partial charge in [0.2, 0.25) is 0 Å². The van der Waals surface area contributed by atoms with Crippen LogP contribution in [0, 0.1) is 5.92 Å². The molecule has 6 heterocycles. The SMILES string of the molecule is C=C(c1c2nc(c(C(C)N/C=C\C)c3ccc([nH]3)c(-c3nccn3CC)c3nc(c(C(C)=N/C=C\C(C)C)c4ccc1[nH]4)C=C3)C=C2)N(/C=C\CC)CC. The molecule has 2 aliphatic heterocycles. The average molecular weight is 720 g/mol. The molecule has 278 valence electrons. The highest BCUT2D eigenvalue weighted by Crippen LogP contribution is 2.34. The van der Waals surface area contributed by atoms with Crippen LogP contribution >= 0.6 is 0 Å². The number of H-pyrrole nitrogens is 2. The summed E-state index contributed by atoms with van der Waals surface area (Å²) in [5, 5.41) is 3.55. The number of imidazole rings is 1. The van der Waals surface area contributed by atoms with Crippen molar-refractivity contribution in [3.05, 3.63) is 120 Å². The Balaban J connectivity index is 1.81. The number of hydrogen-bond acceptors (Lipinski definition) is 6. The highest BCUT2D eigenvalue weighted by molar-refractivity contribution is 6.08. The second-order valence-electron chi connectivity index (χ2n) is 13.8. The first-order valence-electron chi connectivity index (χ1n) is 19.1. The van der Waals surface area contributed by atoms with E-state index in [0.29, 0.717) is 5.92 Å². The van der Waals surface area contributed by atoms with Gasteiger partial charge in [0.15, 0.2) is 0 Å². The Hall–Kier alpha value is -5.96. The van der Waals surface area contributed by atoms with E-state index in [1.807, 2.05) is 44.7 Å². The Morgan fingerprint density at radius 2 is 1.56 bits per heavy atom. The van der Waals surface area contributed by atoms with Gasteiger partial charge in [0, 0.05) is 70.8 Å². The molecule has 6 rings (SSSR count). The quantitative estimate of drug-likeness (QED) is 0.103. The van der Waals surface area contributed by atoms with Crippen LogP contribution < -0.4 is 5.32 Å². The van der Waals surface area contributed by atoms with E-state index in [4.69, 9.17) is 19.9 Å². The average Bonchev–Trinajstić information content (AvgIpc) is 4.01. The van der Waals surface area contributed by atoms with Gasteiger partial charge in [-0.3, -0.25) is 4.99 Å². The third-order valence-corrected chi connectivity index (χ3v) is 9.62.